The van der Waals surface area contributed by atoms with Gasteiger partial charge in [-0.05, 0) is 62.6 Å². The van der Waals surface area contributed by atoms with Crippen molar-refractivity contribution in [1.82, 2.24) is 4.48 Å². The van der Waals surface area contributed by atoms with Crippen LogP contribution in [0.25, 0.3) is 5.57 Å². The molecule has 2 aliphatic rings. The minimum absolute atomic E-state index is 0.459. The predicted molar refractivity (Wildman–Crippen MR) is 123 cm³/mol. The molecule has 2 aliphatic heterocycles. The van der Waals surface area contributed by atoms with Gasteiger partial charge in [0.15, 0.2) is 5.70 Å². The predicted octanol–water partition coefficient (Wildman–Crippen LogP) is 7.18. The summed E-state index contributed by atoms with van der Waals surface area (Å²) in [5.74, 6) is 0. The largest absolute Gasteiger partial charge is 0.737 e. The quantitative estimate of drug-likeness (QED) is 0.439. The number of hydrogen-bond donors (Lipinski definition) is 0. The van der Waals surface area contributed by atoms with Crippen LogP contribution in [-0.2, 0) is 6.42 Å². The molecular weight excluding hydrogens is 424 g/mol. The molecule has 0 fully saturated rings. The van der Waals surface area contributed by atoms with E-state index in [1.165, 1.54) is 8.96 Å². The molecule has 0 saturated carbocycles. The molecule has 0 radical (unpaired) electrons. The molecule has 2 aromatic rings. The highest BCUT2D eigenvalue weighted by molar-refractivity contribution is 6.58. The molecule has 4 rings (SSSR count). The number of rotatable bonds is 3. The second kappa shape index (κ2) is 7.10. The third-order valence-corrected chi connectivity index (χ3v) is 7.24. The molecule has 0 N–H and O–H groups in total. The number of allylic oxidation sites excluding steroid dienone is 2. The van der Waals surface area contributed by atoms with Crippen molar-refractivity contribution in [3.63, 3.8) is 0 Å². The Morgan fingerprint density at radius 1 is 1.03 bits per heavy atom. The maximum Gasteiger partial charge on any atom is 0.737 e. The Morgan fingerprint density at radius 2 is 1.70 bits per heavy atom. The second-order valence-corrected chi connectivity index (χ2v) is 8.95. The lowest BCUT2D eigenvalue weighted by atomic mass is 9.83. The van der Waals surface area contributed by atoms with Gasteiger partial charge < -0.3 is 17.6 Å². The van der Waals surface area contributed by atoms with E-state index >= 15 is 8.63 Å². The van der Waals surface area contributed by atoms with Gasteiger partial charge in [-0.3, -0.25) is 0 Å². The fourth-order valence-electron chi connectivity index (χ4n) is 5.43. The highest BCUT2D eigenvalue weighted by atomic mass is 35.5. The molecular formula is C23H25BCl2F2N2. The average molecular weight is 449 g/mol. The van der Waals surface area contributed by atoms with Crippen molar-refractivity contribution in [1.29, 1.82) is 0 Å². The van der Waals surface area contributed by atoms with Crippen LogP contribution in [0.5, 0.6) is 0 Å². The summed E-state index contributed by atoms with van der Waals surface area (Å²) < 4.78 is 34.8. The smallest absolute Gasteiger partial charge is 0.393 e. The number of nitrogens with zero attached hydrogens (tertiary/aromatic N) is 2. The Kier molecular flexibility index (Phi) is 5.06. The molecule has 1 aromatic heterocycles. The number of aromatic nitrogens is 1. The Morgan fingerprint density at radius 3 is 2.27 bits per heavy atom. The fourth-order valence-corrected chi connectivity index (χ4v) is 5.93. The van der Waals surface area contributed by atoms with E-state index in [0.717, 1.165) is 33.4 Å². The van der Waals surface area contributed by atoms with E-state index in [-0.39, 0.29) is 0 Å². The minimum Gasteiger partial charge on any atom is -0.393 e. The summed E-state index contributed by atoms with van der Waals surface area (Å²) in [5, 5.41) is 0.977. The van der Waals surface area contributed by atoms with Gasteiger partial charge in [0, 0.05) is 34.3 Å². The van der Waals surface area contributed by atoms with E-state index in [0.29, 0.717) is 45.7 Å². The molecule has 0 amide bonds. The van der Waals surface area contributed by atoms with Gasteiger partial charge in [-0.2, -0.15) is 0 Å². The lowest BCUT2D eigenvalue weighted by Gasteiger charge is -2.34. The Labute approximate surface area is 186 Å². The third-order valence-electron chi connectivity index (χ3n) is 6.70. The zero-order valence-electron chi connectivity index (χ0n) is 18.1. The topological polar surface area (TPSA) is 7.94 Å². The van der Waals surface area contributed by atoms with Crippen LogP contribution in [0, 0.1) is 13.8 Å². The first kappa shape index (κ1) is 21.4. The van der Waals surface area contributed by atoms with Gasteiger partial charge in [0.25, 0.3) is 0 Å². The molecule has 0 atom stereocenters. The highest BCUT2D eigenvalue weighted by Gasteiger charge is 2.56. The standard InChI is InChI=1S/C23H25BCl2F2N2/c1-7-17-12(3)22-21(19-10-9-16(25)11-20(19)26)23-13(4)18(8-2)15(6)30(23)24(27,28)29(22)14(17)5/h9-11H,7-8H2,1-6H3. The summed E-state index contributed by atoms with van der Waals surface area (Å²) in [6.07, 6.45) is 1.39. The zero-order chi connectivity index (χ0) is 22.1. The van der Waals surface area contributed by atoms with Crippen LogP contribution >= 0.6 is 23.2 Å². The van der Waals surface area contributed by atoms with Crippen LogP contribution in [0.3, 0.4) is 0 Å². The summed E-state index contributed by atoms with van der Waals surface area (Å²) in [5.41, 5.74) is 7.55. The van der Waals surface area contributed by atoms with Crippen LogP contribution in [0.4, 0.5) is 8.63 Å². The summed E-state index contributed by atoms with van der Waals surface area (Å²) in [6, 6.07) is 5.28. The molecule has 7 heteroatoms. The molecule has 0 spiro atoms. The third kappa shape index (κ3) is 2.64. The molecule has 0 bridgehead atoms. The van der Waals surface area contributed by atoms with E-state index in [2.05, 4.69) is 0 Å². The van der Waals surface area contributed by atoms with E-state index in [9.17, 15) is 0 Å². The van der Waals surface area contributed by atoms with Gasteiger partial charge >= 0.3 is 6.97 Å². The van der Waals surface area contributed by atoms with Gasteiger partial charge in [-0.25, -0.2) is 0 Å². The molecule has 158 valence electrons. The van der Waals surface area contributed by atoms with Gasteiger partial charge in [0.2, 0.25) is 0 Å². The normalized spacial score (nSPS) is 17.8. The van der Waals surface area contributed by atoms with Crippen LogP contribution in [0.2, 0.25) is 10.0 Å². The van der Waals surface area contributed by atoms with Crippen molar-refractivity contribution >= 4 is 41.5 Å². The van der Waals surface area contributed by atoms with Gasteiger partial charge in [0.1, 0.15) is 5.71 Å². The molecule has 0 saturated heterocycles. The summed E-state index contributed by atoms with van der Waals surface area (Å²) in [7, 11) is 0. The molecule has 0 aliphatic carbocycles. The first-order chi connectivity index (χ1) is 14.1. The van der Waals surface area contributed by atoms with Crippen molar-refractivity contribution in [2.75, 3.05) is 0 Å². The van der Waals surface area contributed by atoms with Crippen LogP contribution in [0.15, 0.2) is 35.0 Å². The van der Waals surface area contributed by atoms with Crippen LogP contribution in [-0.4, -0.2) is 21.6 Å². The summed E-state index contributed by atoms with van der Waals surface area (Å²) in [6.45, 7) is 7.45. The maximum absolute atomic E-state index is 16.1. The maximum atomic E-state index is 16.1. The van der Waals surface area contributed by atoms with Crippen LogP contribution < -0.4 is 0 Å². The van der Waals surface area contributed by atoms with E-state index < -0.39 is 6.97 Å². The van der Waals surface area contributed by atoms with Crippen LogP contribution in [0.1, 0.15) is 62.2 Å². The molecule has 30 heavy (non-hydrogen) atoms. The van der Waals surface area contributed by atoms with Crippen molar-refractivity contribution < 1.29 is 13.1 Å². The summed E-state index contributed by atoms with van der Waals surface area (Å²) >= 11 is 12.8. The van der Waals surface area contributed by atoms with E-state index in [4.69, 9.17) is 23.2 Å². The van der Waals surface area contributed by atoms with Crippen molar-refractivity contribution in [3.05, 3.63) is 73.2 Å². The first-order valence-electron chi connectivity index (χ1n) is 10.3. The average Bonchev–Trinajstić information content (AvgIpc) is 3.08. The lowest BCUT2D eigenvalue weighted by molar-refractivity contribution is -0.363. The number of fused-ring (bicyclic) bond motifs is 2. The number of hydrogen-bond acceptors (Lipinski definition) is 0. The SMILES string of the molecule is CCC1=C(C)C2=C(c3ccc(Cl)cc3Cl)c3c(C)c(CC)c(C)n3[B-](F)(F)[N+]2=C1C. The molecule has 3 heterocycles. The lowest BCUT2D eigenvalue weighted by Crippen LogP contribution is -2.51. The van der Waals surface area contributed by atoms with Gasteiger partial charge in [-0.1, -0.05) is 43.1 Å². The van der Waals surface area contributed by atoms with E-state index in [1.54, 1.807) is 26.0 Å². The van der Waals surface area contributed by atoms with Crippen molar-refractivity contribution in [2.24, 2.45) is 0 Å². The number of benzene rings is 1. The van der Waals surface area contributed by atoms with Gasteiger partial charge in [-0.15, -0.1) is 0 Å². The molecule has 1 aromatic carbocycles. The van der Waals surface area contributed by atoms with Crippen molar-refractivity contribution in [2.45, 2.75) is 54.4 Å². The summed E-state index contributed by atoms with van der Waals surface area (Å²) in [4.78, 5) is 0. The fraction of sp³-hybridized carbons (Fsp3) is 0.348. The Balaban J connectivity index is 2.25. The zero-order valence-corrected chi connectivity index (χ0v) is 19.6. The first-order valence-corrected chi connectivity index (χ1v) is 11.1. The Bertz CT molecular complexity index is 1200. The second-order valence-electron chi connectivity index (χ2n) is 8.11. The molecule has 0 unspecified atom stereocenters. The Hall–Kier alpha value is -1.85. The number of halogens is 4. The monoisotopic (exact) mass is 448 g/mol. The highest BCUT2D eigenvalue weighted by Crippen LogP contribution is 2.48. The van der Waals surface area contributed by atoms with E-state index in [1.807, 2.05) is 33.8 Å². The minimum atomic E-state index is -4.03. The molecule has 2 nitrogen and oxygen atoms in total. The van der Waals surface area contributed by atoms with Crippen molar-refractivity contribution in [3.8, 4) is 0 Å². The van der Waals surface area contributed by atoms with Gasteiger partial charge in [0.05, 0.1) is 10.6 Å².